The van der Waals surface area contributed by atoms with Crippen LogP contribution in [0.3, 0.4) is 0 Å². The second kappa shape index (κ2) is 20.8. The van der Waals surface area contributed by atoms with Gasteiger partial charge < -0.3 is 53.6 Å². The van der Waals surface area contributed by atoms with E-state index in [0.717, 1.165) is 73.8 Å². The SMILES string of the molecule is CC(C)Oc1ccccc1[C@@H]1COCCN1C1CC2(CCN(c3ccc(C(=O)NS(=O)(=O)c4cc5c(c([N+](=O)[O-])c4)N[C@H](C4CCC(C)(OP(=O)(O)O)CC4)CO5)c(N4c5cc6cc[nH]c6nc5O[C@H]5COCC[C@@H]54)c3)CC2)C1. The number of nitrogens with zero attached hydrogens (tertiary/aromatic N) is 5. The number of ether oxygens (including phenoxy) is 5. The maximum Gasteiger partial charge on any atom is 0.470 e. The summed E-state index contributed by atoms with van der Waals surface area (Å²) in [5.74, 6) is 0.118. The number of nitrogens with one attached hydrogen (secondary N) is 3. The van der Waals surface area contributed by atoms with Crippen LogP contribution in [0.4, 0.5) is 28.4 Å². The Morgan fingerprint density at radius 2 is 1.72 bits per heavy atom. The second-order valence-corrected chi connectivity index (χ2v) is 25.8. The number of anilines is 4. The van der Waals surface area contributed by atoms with Crippen LogP contribution in [-0.4, -0.2) is 133 Å². The molecule has 3 aromatic carbocycles. The fourth-order valence-electron chi connectivity index (χ4n) is 13.4. The van der Waals surface area contributed by atoms with Gasteiger partial charge >= 0.3 is 7.82 Å². The molecule has 7 heterocycles. The molecule has 422 valence electrons. The topological polar surface area (TPSA) is 270 Å². The summed E-state index contributed by atoms with van der Waals surface area (Å²) in [4.78, 5) is 60.2. The molecule has 5 fully saturated rings. The Morgan fingerprint density at radius 1 is 0.949 bits per heavy atom. The molecule has 1 amide bonds. The van der Waals surface area contributed by atoms with Gasteiger partial charge in [0, 0.05) is 67.2 Å². The van der Waals surface area contributed by atoms with Crippen molar-refractivity contribution in [2.24, 2.45) is 11.3 Å². The van der Waals surface area contributed by atoms with Crippen LogP contribution in [0.5, 0.6) is 17.4 Å². The first-order chi connectivity index (χ1) is 37.8. The smallest absolute Gasteiger partial charge is 0.470 e. The molecular formula is C55H67N8O14PS. The molecule has 2 saturated carbocycles. The van der Waals surface area contributed by atoms with Crippen molar-refractivity contribution >= 4 is 63.2 Å². The number of phosphoric acid groups is 1. The minimum absolute atomic E-state index is 0.00735. The highest BCUT2D eigenvalue weighted by molar-refractivity contribution is 7.90. The Balaban J connectivity index is 0.810. The van der Waals surface area contributed by atoms with Gasteiger partial charge in [-0.2, -0.15) is 4.98 Å². The molecule has 5 N–H and O–H groups in total. The number of aromatic amines is 1. The molecule has 4 atom stereocenters. The van der Waals surface area contributed by atoms with Crippen LogP contribution < -0.4 is 34.0 Å². The van der Waals surface area contributed by atoms with Crippen molar-refractivity contribution in [2.45, 2.75) is 125 Å². The van der Waals surface area contributed by atoms with Gasteiger partial charge in [-0.3, -0.25) is 24.3 Å². The van der Waals surface area contributed by atoms with Crippen molar-refractivity contribution in [1.82, 2.24) is 19.6 Å². The highest BCUT2D eigenvalue weighted by Crippen LogP contribution is 2.55. The normalized spacial score (nSPS) is 26.2. The number of carbonyl (C=O) groups excluding carboxylic acids is 1. The lowest BCUT2D eigenvalue weighted by Crippen LogP contribution is -2.57. The summed E-state index contributed by atoms with van der Waals surface area (Å²) >= 11 is 0. The minimum Gasteiger partial charge on any atom is -0.491 e. The molecule has 0 radical (unpaired) electrons. The fraction of sp³-hybridized carbons (Fsp3) is 0.527. The van der Waals surface area contributed by atoms with Gasteiger partial charge in [-0.25, -0.2) is 17.7 Å². The number of morpholine rings is 1. The Morgan fingerprint density at radius 3 is 2.48 bits per heavy atom. The molecule has 5 aromatic rings. The summed E-state index contributed by atoms with van der Waals surface area (Å²) in [7, 11) is -9.52. The number of nitro benzene ring substituents is 1. The van der Waals surface area contributed by atoms with E-state index in [0.29, 0.717) is 80.9 Å². The summed E-state index contributed by atoms with van der Waals surface area (Å²) < 4.78 is 78.7. The molecule has 22 nitrogen and oxygen atoms in total. The number of carbonyl (C=O) groups is 1. The van der Waals surface area contributed by atoms with Crippen molar-refractivity contribution in [3.8, 4) is 17.4 Å². The Hall–Kier alpha value is -6.04. The van der Waals surface area contributed by atoms with Crippen molar-refractivity contribution < 1.29 is 60.7 Å². The molecule has 2 aromatic heterocycles. The molecule has 24 heteroatoms. The van der Waals surface area contributed by atoms with Gasteiger partial charge in [-0.05, 0) is 126 Å². The van der Waals surface area contributed by atoms with Crippen LogP contribution in [0, 0.1) is 21.4 Å². The fourth-order valence-corrected chi connectivity index (χ4v) is 15.1. The van der Waals surface area contributed by atoms with Crippen LogP contribution in [0.2, 0.25) is 0 Å². The number of para-hydroxylation sites is 1. The van der Waals surface area contributed by atoms with Gasteiger partial charge in [0.05, 0.1) is 70.7 Å². The maximum absolute atomic E-state index is 14.9. The van der Waals surface area contributed by atoms with Crippen LogP contribution in [0.15, 0.2) is 77.8 Å². The highest BCUT2D eigenvalue weighted by atomic mass is 32.2. The van der Waals surface area contributed by atoms with E-state index in [4.69, 9.17) is 33.2 Å². The van der Waals surface area contributed by atoms with Crippen molar-refractivity contribution in [3.05, 3.63) is 94.2 Å². The first kappa shape index (κ1) is 53.6. The van der Waals surface area contributed by atoms with Gasteiger partial charge in [0.2, 0.25) is 5.88 Å². The van der Waals surface area contributed by atoms with E-state index in [1.54, 1.807) is 19.2 Å². The van der Waals surface area contributed by atoms with Crippen LogP contribution in [0.25, 0.3) is 11.0 Å². The van der Waals surface area contributed by atoms with Gasteiger partial charge in [0.15, 0.2) is 11.4 Å². The molecule has 1 spiro atoms. The number of amides is 1. The number of hydrogen-bond donors (Lipinski definition) is 5. The third kappa shape index (κ3) is 10.6. The highest BCUT2D eigenvalue weighted by Gasteiger charge is 2.50. The maximum atomic E-state index is 14.9. The number of benzene rings is 3. The van der Waals surface area contributed by atoms with Gasteiger partial charge in [0.1, 0.15) is 29.8 Å². The van der Waals surface area contributed by atoms with Gasteiger partial charge in [0.25, 0.3) is 21.6 Å². The van der Waals surface area contributed by atoms with E-state index in [2.05, 4.69) is 43.0 Å². The summed E-state index contributed by atoms with van der Waals surface area (Å²) in [6.45, 7) is 10.2. The van der Waals surface area contributed by atoms with E-state index < -0.39 is 57.0 Å². The number of piperidine rings is 1. The van der Waals surface area contributed by atoms with Gasteiger partial charge in [-0.15, -0.1) is 0 Å². The number of nitro groups is 1. The molecule has 0 bridgehead atoms. The van der Waals surface area contributed by atoms with Crippen molar-refractivity contribution in [3.63, 3.8) is 0 Å². The van der Waals surface area contributed by atoms with E-state index in [1.165, 1.54) is 6.07 Å². The van der Waals surface area contributed by atoms with E-state index in [9.17, 15) is 37.7 Å². The Kier molecular flexibility index (Phi) is 14.1. The van der Waals surface area contributed by atoms with Crippen LogP contribution in [-0.2, 0) is 28.6 Å². The number of pyridine rings is 1. The molecule has 7 aliphatic rings. The summed E-state index contributed by atoms with van der Waals surface area (Å²) in [5, 5.41) is 16.7. The summed E-state index contributed by atoms with van der Waals surface area (Å²) in [6.07, 6.45) is 7.66. The predicted molar refractivity (Wildman–Crippen MR) is 292 cm³/mol. The third-order valence-corrected chi connectivity index (χ3v) is 19.4. The Bertz CT molecular complexity index is 3310. The molecule has 0 unspecified atom stereocenters. The number of aromatic nitrogens is 2. The zero-order valence-electron chi connectivity index (χ0n) is 44.4. The monoisotopic (exact) mass is 1130 g/mol. The molecule has 2 aliphatic carbocycles. The number of hydrogen-bond acceptors (Lipinski definition) is 17. The standard InChI is InChI=1S/C55H67N8O14PS/c1-33(2)75-47-7-5-4-6-39(47)46-31-73-23-21-61(46)37-28-55(29-37)16-19-60(20-17-55)36-8-9-40(43(25-36)62-42-13-22-72-32-49(42)76-53-45(62)24-35-12-18-56-51(35)58-53)52(64)59-79(70,71)38-26-44(63(65)66)50-48(27-38)74-30-41(57-50)34-10-14-54(3,15-11-34)77-78(67,68)69/h4-9,12,18,24-27,33-34,37,41-42,46,49,57H,10-11,13-17,19-23,28-32H2,1-3H3,(H,56,58)(H,59,64)(H2,67,68,69)/t34?,41-,42-,46-,49-,54?/m0/s1. The lowest BCUT2D eigenvalue weighted by atomic mass is 9.59. The number of rotatable bonds is 13. The van der Waals surface area contributed by atoms with E-state index in [1.807, 2.05) is 49.1 Å². The molecule has 79 heavy (non-hydrogen) atoms. The average molecular weight is 1130 g/mol. The molecule has 12 rings (SSSR count). The number of sulfonamides is 1. The van der Waals surface area contributed by atoms with Crippen molar-refractivity contribution in [2.75, 3.05) is 67.8 Å². The van der Waals surface area contributed by atoms with Crippen molar-refractivity contribution in [1.29, 1.82) is 0 Å². The molecule has 5 aliphatic heterocycles. The van der Waals surface area contributed by atoms with Crippen LogP contribution in [0.1, 0.15) is 101 Å². The lowest BCUT2D eigenvalue weighted by Gasteiger charge is -2.57. The molecule has 3 saturated heterocycles. The lowest BCUT2D eigenvalue weighted by molar-refractivity contribution is -0.384. The quantitative estimate of drug-likeness (QED) is 0.0423. The number of fused-ring (bicyclic) bond motifs is 4. The van der Waals surface area contributed by atoms with E-state index >= 15 is 0 Å². The zero-order chi connectivity index (χ0) is 55.0. The second-order valence-electron chi connectivity index (χ2n) is 22.9. The largest absolute Gasteiger partial charge is 0.491 e. The number of phosphoric ester groups is 1. The minimum atomic E-state index is -4.79. The summed E-state index contributed by atoms with van der Waals surface area (Å²) in [6, 6.07) is 19.5. The first-order valence-electron chi connectivity index (χ1n) is 27.4. The Labute approximate surface area is 457 Å². The first-order valence-corrected chi connectivity index (χ1v) is 30.4. The van der Waals surface area contributed by atoms with Gasteiger partial charge in [-0.1, -0.05) is 18.2 Å². The zero-order valence-corrected chi connectivity index (χ0v) is 46.1. The van der Waals surface area contributed by atoms with E-state index in [-0.39, 0.29) is 59.7 Å². The third-order valence-electron chi connectivity index (χ3n) is 17.4. The predicted octanol–water partition coefficient (Wildman–Crippen LogP) is 8.12. The number of H-pyrrole nitrogens is 1. The molecular weight excluding hydrogens is 1060 g/mol. The van der Waals surface area contributed by atoms with Crippen LogP contribution >= 0.6 is 7.82 Å². The summed E-state index contributed by atoms with van der Waals surface area (Å²) in [5.41, 5.74) is 2.32. The average Bonchev–Trinajstić information content (AvgIpc) is 4.08.